The molecular weight excluding hydrogens is 240 g/mol. The van der Waals surface area contributed by atoms with E-state index >= 15 is 0 Å². The molecule has 2 unspecified atom stereocenters. The number of hydrogen-bond acceptors (Lipinski definition) is 4. The van der Waals surface area contributed by atoms with Crippen molar-refractivity contribution in [2.45, 2.75) is 25.3 Å². The van der Waals surface area contributed by atoms with Crippen LogP contribution in [0.2, 0.25) is 0 Å². The molecule has 2 rings (SSSR count). The van der Waals surface area contributed by atoms with Crippen molar-refractivity contribution in [2.24, 2.45) is 5.73 Å². The van der Waals surface area contributed by atoms with Gasteiger partial charge < -0.3 is 20.1 Å². The molecular formula is C15H24N2O2. The van der Waals surface area contributed by atoms with Gasteiger partial charge in [-0.05, 0) is 44.6 Å². The largest absolute Gasteiger partial charge is 0.493 e. The molecule has 4 heteroatoms. The number of methoxy groups -OCH3 is 1. The molecule has 1 aliphatic rings. The van der Waals surface area contributed by atoms with Crippen molar-refractivity contribution in [3.05, 3.63) is 23.8 Å². The van der Waals surface area contributed by atoms with Crippen LogP contribution in [0.25, 0.3) is 0 Å². The normalized spacial score (nSPS) is 24.2. The zero-order valence-corrected chi connectivity index (χ0v) is 12.1. The Balaban J connectivity index is 2.24. The number of likely N-dealkylation sites (N-methyl/N-ethyl adjacent to an activating group) is 1. The molecule has 0 amide bonds. The monoisotopic (exact) mass is 264 g/mol. The van der Waals surface area contributed by atoms with Crippen LogP contribution in [0.4, 0.5) is 0 Å². The van der Waals surface area contributed by atoms with Crippen molar-refractivity contribution >= 4 is 0 Å². The van der Waals surface area contributed by atoms with E-state index in [1.165, 1.54) is 5.56 Å². The fourth-order valence-corrected chi connectivity index (χ4v) is 2.68. The van der Waals surface area contributed by atoms with E-state index in [1.54, 1.807) is 7.11 Å². The highest BCUT2D eigenvalue weighted by Gasteiger charge is 2.26. The van der Waals surface area contributed by atoms with Crippen molar-refractivity contribution in [1.82, 2.24) is 4.90 Å². The van der Waals surface area contributed by atoms with Crippen LogP contribution in [-0.4, -0.2) is 44.8 Å². The van der Waals surface area contributed by atoms with E-state index in [-0.39, 0.29) is 6.04 Å². The van der Waals surface area contributed by atoms with Crippen molar-refractivity contribution in [2.75, 3.05) is 33.9 Å². The summed E-state index contributed by atoms with van der Waals surface area (Å²) in [5.41, 5.74) is 7.50. The Morgan fingerprint density at radius 2 is 2.16 bits per heavy atom. The maximum atomic E-state index is 6.26. The number of piperidine rings is 1. The molecule has 0 saturated carbocycles. The van der Waals surface area contributed by atoms with Gasteiger partial charge in [-0.2, -0.15) is 0 Å². The first-order valence-corrected chi connectivity index (χ1v) is 6.90. The second kappa shape index (κ2) is 6.26. The van der Waals surface area contributed by atoms with Crippen molar-refractivity contribution in [1.29, 1.82) is 0 Å². The van der Waals surface area contributed by atoms with Crippen LogP contribution in [0.5, 0.6) is 11.5 Å². The highest BCUT2D eigenvalue weighted by Crippen LogP contribution is 2.33. The average molecular weight is 264 g/mol. The van der Waals surface area contributed by atoms with Crippen LogP contribution in [0.1, 0.15) is 24.8 Å². The highest BCUT2D eigenvalue weighted by molar-refractivity contribution is 5.44. The Morgan fingerprint density at radius 1 is 1.37 bits per heavy atom. The maximum absolute atomic E-state index is 6.26. The third-order valence-corrected chi connectivity index (χ3v) is 3.79. The Labute approximate surface area is 115 Å². The molecule has 106 valence electrons. The second-order valence-corrected chi connectivity index (χ2v) is 5.16. The van der Waals surface area contributed by atoms with Gasteiger partial charge in [0.25, 0.3) is 0 Å². The van der Waals surface area contributed by atoms with Gasteiger partial charge in [-0.15, -0.1) is 0 Å². The third kappa shape index (κ3) is 3.19. The van der Waals surface area contributed by atoms with Gasteiger partial charge >= 0.3 is 0 Å². The molecule has 4 nitrogen and oxygen atoms in total. The first-order valence-electron chi connectivity index (χ1n) is 6.90. The first-order chi connectivity index (χ1) is 9.15. The predicted molar refractivity (Wildman–Crippen MR) is 77.0 cm³/mol. The van der Waals surface area contributed by atoms with Crippen LogP contribution >= 0.6 is 0 Å². The zero-order chi connectivity index (χ0) is 13.8. The van der Waals surface area contributed by atoms with Crippen molar-refractivity contribution in [3.8, 4) is 11.5 Å². The first kappa shape index (κ1) is 14.2. The molecule has 0 aromatic heterocycles. The molecule has 1 fully saturated rings. The van der Waals surface area contributed by atoms with Crippen LogP contribution in [0.15, 0.2) is 18.2 Å². The highest BCUT2D eigenvalue weighted by atomic mass is 16.5. The summed E-state index contributed by atoms with van der Waals surface area (Å²) < 4.78 is 11.0. The van der Waals surface area contributed by atoms with E-state index in [0.29, 0.717) is 12.5 Å². The lowest BCUT2D eigenvalue weighted by atomic mass is 9.86. The lowest BCUT2D eigenvalue weighted by Crippen LogP contribution is -2.43. The summed E-state index contributed by atoms with van der Waals surface area (Å²) in [6.07, 6.45) is 1.04. The lowest BCUT2D eigenvalue weighted by Gasteiger charge is -2.35. The molecule has 0 spiro atoms. The molecule has 19 heavy (non-hydrogen) atoms. The number of hydrogen-bond donors (Lipinski definition) is 1. The summed E-state index contributed by atoms with van der Waals surface area (Å²) in [5, 5.41) is 0. The Bertz CT molecular complexity index is 423. The topological polar surface area (TPSA) is 47.7 Å². The molecule has 2 N–H and O–H groups in total. The zero-order valence-electron chi connectivity index (χ0n) is 12.1. The second-order valence-electron chi connectivity index (χ2n) is 5.16. The Morgan fingerprint density at radius 3 is 2.84 bits per heavy atom. The quantitative estimate of drug-likeness (QED) is 0.901. The number of ether oxygens (including phenoxy) is 2. The number of likely N-dealkylation sites (tertiary alicyclic amines) is 1. The Hall–Kier alpha value is -1.26. The third-order valence-electron chi connectivity index (χ3n) is 3.79. The van der Waals surface area contributed by atoms with Crippen LogP contribution in [0, 0.1) is 0 Å². The lowest BCUT2D eigenvalue weighted by molar-refractivity contribution is 0.227. The summed E-state index contributed by atoms with van der Waals surface area (Å²) >= 11 is 0. The van der Waals surface area contributed by atoms with Gasteiger partial charge in [0.2, 0.25) is 0 Å². The standard InChI is InChI=1S/C15H24N2O2/c1-4-19-14-6-5-11(9-15(14)18-3)12-10-17(2)8-7-13(12)16/h5-6,9,12-13H,4,7-8,10,16H2,1-3H3. The molecule has 0 bridgehead atoms. The van der Waals surface area contributed by atoms with Gasteiger partial charge in [0.1, 0.15) is 0 Å². The molecule has 0 radical (unpaired) electrons. The minimum absolute atomic E-state index is 0.221. The van der Waals surface area contributed by atoms with E-state index in [4.69, 9.17) is 15.2 Å². The predicted octanol–water partition coefficient (Wildman–Crippen LogP) is 1.84. The summed E-state index contributed by atoms with van der Waals surface area (Å²) in [6, 6.07) is 6.38. The van der Waals surface area contributed by atoms with Gasteiger partial charge in [0.05, 0.1) is 13.7 Å². The van der Waals surface area contributed by atoms with Gasteiger partial charge in [-0.1, -0.05) is 6.07 Å². The average Bonchev–Trinajstić information content (AvgIpc) is 2.42. The molecule has 2 atom stereocenters. The number of benzene rings is 1. The molecule has 1 aromatic rings. The molecule has 1 aliphatic heterocycles. The van der Waals surface area contributed by atoms with E-state index in [9.17, 15) is 0 Å². The van der Waals surface area contributed by atoms with Gasteiger partial charge in [-0.3, -0.25) is 0 Å². The minimum Gasteiger partial charge on any atom is -0.493 e. The van der Waals surface area contributed by atoms with Crippen LogP contribution < -0.4 is 15.2 Å². The molecule has 0 aliphatic carbocycles. The molecule has 1 saturated heterocycles. The Kier molecular flexibility index (Phi) is 4.66. The molecule has 1 heterocycles. The fraction of sp³-hybridized carbons (Fsp3) is 0.600. The number of nitrogens with zero attached hydrogens (tertiary/aromatic N) is 1. The summed E-state index contributed by atoms with van der Waals surface area (Å²) in [7, 11) is 3.82. The van der Waals surface area contributed by atoms with Crippen LogP contribution in [-0.2, 0) is 0 Å². The summed E-state index contributed by atoms with van der Waals surface area (Å²) in [4.78, 5) is 2.33. The SMILES string of the molecule is CCOc1ccc(C2CN(C)CCC2N)cc1OC. The van der Waals surface area contributed by atoms with E-state index in [2.05, 4.69) is 24.1 Å². The van der Waals surface area contributed by atoms with Crippen LogP contribution in [0.3, 0.4) is 0 Å². The van der Waals surface area contributed by atoms with Gasteiger partial charge in [0, 0.05) is 18.5 Å². The smallest absolute Gasteiger partial charge is 0.161 e. The fourth-order valence-electron chi connectivity index (χ4n) is 2.68. The summed E-state index contributed by atoms with van der Waals surface area (Å²) in [6.45, 7) is 4.69. The van der Waals surface area contributed by atoms with E-state index in [1.807, 2.05) is 13.0 Å². The minimum atomic E-state index is 0.221. The maximum Gasteiger partial charge on any atom is 0.161 e. The summed E-state index contributed by atoms with van der Waals surface area (Å²) in [5.74, 6) is 1.95. The number of nitrogens with two attached hydrogens (primary N) is 1. The van der Waals surface area contributed by atoms with E-state index in [0.717, 1.165) is 31.0 Å². The van der Waals surface area contributed by atoms with Crippen molar-refractivity contribution < 1.29 is 9.47 Å². The van der Waals surface area contributed by atoms with E-state index < -0.39 is 0 Å². The molecule has 1 aromatic carbocycles. The number of rotatable bonds is 4. The van der Waals surface area contributed by atoms with Crippen molar-refractivity contribution in [3.63, 3.8) is 0 Å². The van der Waals surface area contributed by atoms with Gasteiger partial charge in [-0.25, -0.2) is 0 Å². The van der Waals surface area contributed by atoms with Gasteiger partial charge in [0.15, 0.2) is 11.5 Å².